The molecule has 0 saturated heterocycles. The van der Waals surface area contributed by atoms with Crippen molar-refractivity contribution in [3.8, 4) is 5.75 Å². The number of benzene rings is 4. The van der Waals surface area contributed by atoms with E-state index in [1.165, 1.54) is 5.56 Å². The van der Waals surface area contributed by atoms with Crippen LogP contribution in [-0.4, -0.2) is 47.6 Å². The lowest BCUT2D eigenvalue weighted by molar-refractivity contribution is -0.141. The minimum absolute atomic E-state index is 0.263. The van der Waals surface area contributed by atoms with E-state index >= 15 is 0 Å². The van der Waals surface area contributed by atoms with Crippen LogP contribution in [0.3, 0.4) is 0 Å². The standard InChI is InChI=1S/C43H50N4O5/c1-52-35-25-23-33(24-26-35)18-12-21-37(38(42(49)47-51)20-9-8-17-31-13-4-2-5-14-31)41(48)46-40(29-34-30-45-39-22-11-10-19-36(34)39)43(50)44-28-27-32-15-6-3-7-16-32/h2-7,10-11,13-16,19,22-26,30,37-38,40,45,51H,8-9,12,17-18,20-21,27-29H2,1H3,(H,44,50)(H,46,48)(H,47,49)/t37-,38+,40+/m1/s1. The molecule has 0 spiro atoms. The molecule has 0 aliphatic heterocycles. The zero-order valence-electron chi connectivity index (χ0n) is 29.9. The molecule has 0 fully saturated rings. The second kappa shape index (κ2) is 19.8. The Morgan fingerprint density at radius 1 is 0.673 bits per heavy atom. The van der Waals surface area contributed by atoms with E-state index in [1.807, 2.05) is 109 Å². The smallest absolute Gasteiger partial charge is 0.247 e. The lowest BCUT2D eigenvalue weighted by atomic mass is 9.82. The fourth-order valence-electron chi connectivity index (χ4n) is 6.88. The number of ether oxygens (including phenoxy) is 1. The highest BCUT2D eigenvalue weighted by molar-refractivity contribution is 5.92. The van der Waals surface area contributed by atoms with E-state index in [0.29, 0.717) is 45.1 Å². The summed E-state index contributed by atoms with van der Waals surface area (Å²) in [6.45, 7) is 0.408. The summed E-state index contributed by atoms with van der Waals surface area (Å²) in [6, 6.07) is 34.8. The van der Waals surface area contributed by atoms with Crippen molar-refractivity contribution >= 4 is 28.6 Å². The van der Waals surface area contributed by atoms with Crippen molar-refractivity contribution < 1.29 is 24.3 Å². The molecule has 0 aliphatic rings. The molecule has 0 saturated carbocycles. The van der Waals surface area contributed by atoms with Gasteiger partial charge in [0.25, 0.3) is 0 Å². The van der Waals surface area contributed by atoms with Crippen molar-refractivity contribution in [3.05, 3.63) is 138 Å². The van der Waals surface area contributed by atoms with E-state index in [9.17, 15) is 19.6 Å². The lowest BCUT2D eigenvalue weighted by Gasteiger charge is -2.27. The van der Waals surface area contributed by atoms with Gasteiger partial charge in [0.1, 0.15) is 11.8 Å². The number of unbranched alkanes of at least 4 members (excludes halogenated alkanes) is 1. The van der Waals surface area contributed by atoms with Gasteiger partial charge in [0.2, 0.25) is 17.7 Å². The van der Waals surface area contributed by atoms with E-state index in [2.05, 4.69) is 27.8 Å². The highest BCUT2D eigenvalue weighted by Crippen LogP contribution is 2.27. The number of aromatic nitrogens is 1. The third-order valence-corrected chi connectivity index (χ3v) is 9.77. The summed E-state index contributed by atoms with van der Waals surface area (Å²) in [6.07, 6.45) is 7.27. The third-order valence-electron chi connectivity index (χ3n) is 9.77. The number of hydroxylamine groups is 1. The maximum absolute atomic E-state index is 14.4. The number of methoxy groups -OCH3 is 1. The molecule has 1 aromatic heterocycles. The van der Waals surface area contributed by atoms with Gasteiger partial charge >= 0.3 is 0 Å². The van der Waals surface area contributed by atoms with Crippen LogP contribution in [0.2, 0.25) is 0 Å². The van der Waals surface area contributed by atoms with Gasteiger partial charge in [-0.2, -0.15) is 0 Å². The second-order valence-electron chi connectivity index (χ2n) is 13.3. The number of nitrogens with one attached hydrogen (secondary N) is 4. The Morgan fingerprint density at radius 2 is 1.27 bits per heavy atom. The third kappa shape index (κ3) is 11.0. The zero-order chi connectivity index (χ0) is 36.5. The predicted octanol–water partition coefficient (Wildman–Crippen LogP) is 6.74. The van der Waals surface area contributed by atoms with Crippen LogP contribution in [0.5, 0.6) is 5.75 Å². The molecule has 5 N–H and O–H groups in total. The number of fused-ring (bicyclic) bond motifs is 1. The number of carbonyl (C=O) groups excluding carboxylic acids is 3. The quantitative estimate of drug-likeness (QED) is 0.0349. The van der Waals surface area contributed by atoms with Crippen LogP contribution >= 0.6 is 0 Å². The summed E-state index contributed by atoms with van der Waals surface area (Å²) in [4.78, 5) is 44.8. The largest absolute Gasteiger partial charge is 0.497 e. The topological polar surface area (TPSA) is 133 Å². The maximum Gasteiger partial charge on any atom is 0.247 e. The van der Waals surface area contributed by atoms with Crippen molar-refractivity contribution in [2.75, 3.05) is 13.7 Å². The molecule has 52 heavy (non-hydrogen) atoms. The molecular formula is C43H50N4O5. The van der Waals surface area contributed by atoms with Crippen LogP contribution in [0.25, 0.3) is 10.9 Å². The van der Waals surface area contributed by atoms with Gasteiger partial charge in [0.05, 0.1) is 13.0 Å². The van der Waals surface area contributed by atoms with Crippen molar-refractivity contribution in [1.29, 1.82) is 0 Å². The number of hydrogen-bond donors (Lipinski definition) is 5. The van der Waals surface area contributed by atoms with Crippen molar-refractivity contribution in [1.82, 2.24) is 21.1 Å². The molecule has 0 aliphatic carbocycles. The zero-order valence-corrected chi connectivity index (χ0v) is 29.9. The monoisotopic (exact) mass is 702 g/mol. The summed E-state index contributed by atoms with van der Waals surface area (Å²) < 4.78 is 5.30. The first-order chi connectivity index (χ1) is 25.4. The Balaban J connectivity index is 1.34. The number of aryl methyl sites for hydroxylation is 2. The van der Waals surface area contributed by atoms with Crippen molar-refractivity contribution in [3.63, 3.8) is 0 Å². The Labute approximate surface area is 306 Å². The summed E-state index contributed by atoms with van der Waals surface area (Å²) in [5.74, 6) is -2.06. The first-order valence-corrected chi connectivity index (χ1v) is 18.2. The Morgan fingerprint density at radius 3 is 1.96 bits per heavy atom. The van der Waals surface area contributed by atoms with Crippen LogP contribution in [0.4, 0.5) is 0 Å². The number of aromatic amines is 1. The molecule has 0 bridgehead atoms. The van der Waals surface area contributed by atoms with Crippen LogP contribution in [0.15, 0.2) is 115 Å². The number of para-hydroxylation sites is 1. The molecule has 0 unspecified atom stereocenters. The van der Waals surface area contributed by atoms with Crippen molar-refractivity contribution in [2.24, 2.45) is 11.8 Å². The number of rotatable bonds is 20. The van der Waals surface area contributed by atoms with E-state index < -0.39 is 23.8 Å². The summed E-state index contributed by atoms with van der Waals surface area (Å²) >= 11 is 0. The van der Waals surface area contributed by atoms with Gasteiger partial charge in [-0.3, -0.25) is 19.6 Å². The van der Waals surface area contributed by atoms with E-state index in [4.69, 9.17) is 4.74 Å². The molecule has 5 rings (SSSR count). The van der Waals surface area contributed by atoms with Gasteiger partial charge in [-0.05, 0) is 85.4 Å². The van der Waals surface area contributed by atoms with Gasteiger partial charge in [-0.1, -0.05) is 97.4 Å². The molecule has 5 aromatic rings. The molecule has 272 valence electrons. The fourth-order valence-corrected chi connectivity index (χ4v) is 6.88. The maximum atomic E-state index is 14.4. The van der Waals surface area contributed by atoms with E-state index in [-0.39, 0.29) is 18.2 Å². The van der Waals surface area contributed by atoms with Crippen LogP contribution < -0.4 is 20.9 Å². The van der Waals surface area contributed by atoms with E-state index in [1.54, 1.807) is 7.11 Å². The fraction of sp³-hybridized carbons (Fsp3) is 0.326. The van der Waals surface area contributed by atoms with Gasteiger partial charge < -0.3 is 20.4 Å². The molecule has 0 radical (unpaired) electrons. The van der Waals surface area contributed by atoms with Crippen molar-refractivity contribution in [2.45, 2.75) is 63.8 Å². The number of amides is 3. The van der Waals surface area contributed by atoms with E-state index in [0.717, 1.165) is 46.2 Å². The minimum atomic E-state index is -0.887. The molecule has 4 aromatic carbocycles. The molecule has 3 amide bonds. The van der Waals surface area contributed by atoms with Gasteiger partial charge in [-0.25, -0.2) is 5.48 Å². The number of carbonyl (C=O) groups is 3. The Hall–Kier alpha value is -5.41. The first kappa shape index (κ1) is 37.8. The SMILES string of the molecule is COc1ccc(CCC[C@@H](C(=O)N[C@@H](Cc2c[nH]c3ccccc23)C(=O)NCCc2ccccc2)[C@H](CCCCc2ccccc2)C(=O)NO)cc1. The predicted molar refractivity (Wildman–Crippen MR) is 204 cm³/mol. The summed E-state index contributed by atoms with van der Waals surface area (Å²) in [5, 5.41) is 16.9. The van der Waals surface area contributed by atoms with Gasteiger partial charge in [-0.15, -0.1) is 0 Å². The first-order valence-electron chi connectivity index (χ1n) is 18.2. The Bertz CT molecular complexity index is 1840. The second-order valence-corrected chi connectivity index (χ2v) is 13.3. The van der Waals surface area contributed by atoms with Crippen LogP contribution in [0.1, 0.15) is 54.4 Å². The van der Waals surface area contributed by atoms with Gasteiger partial charge in [0.15, 0.2) is 0 Å². The van der Waals surface area contributed by atoms with Crippen LogP contribution in [0, 0.1) is 11.8 Å². The summed E-state index contributed by atoms with van der Waals surface area (Å²) in [5.41, 5.74) is 7.08. The number of hydrogen-bond acceptors (Lipinski definition) is 5. The Kier molecular flexibility index (Phi) is 14.4. The average Bonchev–Trinajstić information content (AvgIpc) is 3.60. The summed E-state index contributed by atoms with van der Waals surface area (Å²) in [7, 11) is 1.62. The molecule has 3 atom stereocenters. The molecule has 1 heterocycles. The van der Waals surface area contributed by atoms with Gasteiger partial charge in [0, 0.05) is 36.0 Å². The number of H-pyrrole nitrogens is 1. The molecular weight excluding hydrogens is 652 g/mol. The average molecular weight is 703 g/mol. The molecule has 9 heteroatoms. The normalized spacial score (nSPS) is 12.8. The minimum Gasteiger partial charge on any atom is -0.497 e. The highest BCUT2D eigenvalue weighted by Gasteiger charge is 2.35. The lowest BCUT2D eigenvalue weighted by Crippen LogP contribution is -2.52. The van der Waals surface area contributed by atoms with Crippen LogP contribution in [-0.2, 0) is 40.1 Å². The highest BCUT2D eigenvalue weighted by atomic mass is 16.5. The molecule has 9 nitrogen and oxygen atoms in total.